The maximum Gasteiger partial charge on any atom is 0.412 e. The highest BCUT2D eigenvalue weighted by atomic mass is 31.1. The van der Waals surface area contributed by atoms with Crippen LogP contribution in [0.1, 0.15) is 33.1 Å². The topological polar surface area (TPSA) is 60.8 Å². The number of unbranched alkanes of at least 4 members (excludes halogenated alkanes) is 1. The molecule has 9 heteroatoms. The number of halogens is 3. The van der Waals surface area contributed by atoms with Crippen molar-refractivity contribution in [1.29, 1.82) is 5.16 Å². The molecular weight excluding hydrogens is 298 g/mol. The molecule has 1 aliphatic rings. The first-order valence-electron chi connectivity index (χ1n) is 6.41. The van der Waals surface area contributed by atoms with Crippen LogP contribution in [0.4, 0.5) is 13.2 Å². The summed E-state index contributed by atoms with van der Waals surface area (Å²) in [5, 5.41) is 7.22. The maximum atomic E-state index is 11.8. The number of nitrogens with one attached hydrogen (secondary N) is 1. The summed E-state index contributed by atoms with van der Waals surface area (Å²) < 4.78 is 55.7. The first-order chi connectivity index (χ1) is 9.18. The minimum Gasteiger partial charge on any atom is -0.348 e. The maximum absolute atomic E-state index is 11.8. The fourth-order valence-electron chi connectivity index (χ4n) is 1.73. The Labute approximate surface area is 117 Å². The highest BCUT2D eigenvalue weighted by molar-refractivity contribution is 7.34. The number of hydrogen-bond acceptors (Lipinski definition) is 5. The zero-order chi connectivity index (χ0) is 15.2. The predicted molar refractivity (Wildman–Crippen MR) is 67.7 cm³/mol. The van der Waals surface area contributed by atoms with E-state index in [0.717, 1.165) is 12.8 Å². The molecule has 1 fully saturated rings. The molecule has 0 aromatic carbocycles. The fraction of sp³-hybridized carbons (Fsp3) is 1.00. The highest BCUT2D eigenvalue weighted by Gasteiger charge is 2.32. The highest BCUT2D eigenvalue weighted by Crippen LogP contribution is 2.29. The van der Waals surface area contributed by atoms with E-state index in [1.807, 2.05) is 13.8 Å². The normalized spacial score (nSPS) is 23.9. The summed E-state index contributed by atoms with van der Waals surface area (Å²) in [6.45, 7) is 3.06. The van der Waals surface area contributed by atoms with Gasteiger partial charge in [0, 0.05) is 0 Å². The van der Waals surface area contributed by atoms with Gasteiger partial charge in [0.1, 0.15) is 0 Å². The Balaban J connectivity index is 1.98. The van der Waals surface area contributed by atoms with Crippen molar-refractivity contribution in [3.63, 3.8) is 0 Å². The number of rotatable bonds is 8. The summed E-state index contributed by atoms with van der Waals surface area (Å²) in [6, 6.07) is 0. The number of alkyl halides is 3. The molecule has 0 aromatic heterocycles. The van der Waals surface area contributed by atoms with E-state index in [0.29, 0.717) is 13.0 Å². The smallest absolute Gasteiger partial charge is 0.348 e. The van der Waals surface area contributed by atoms with Crippen LogP contribution in [0.25, 0.3) is 0 Å². The number of hydrogen-bond donors (Lipinski definition) is 1. The molecule has 1 N–H and O–H groups in total. The molecule has 1 aliphatic heterocycles. The van der Waals surface area contributed by atoms with Crippen molar-refractivity contribution in [2.45, 2.75) is 51.2 Å². The van der Waals surface area contributed by atoms with E-state index in [1.165, 1.54) is 0 Å². The van der Waals surface area contributed by atoms with E-state index in [-0.39, 0.29) is 12.7 Å². The van der Waals surface area contributed by atoms with E-state index in [2.05, 4.69) is 4.52 Å². The van der Waals surface area contributed by atoms with E-state index in [1.54, 1.807) is 0 Å². The molecule has 0 aromatic rings. The van der Waals surface area contributed by atoms with Crippen LogP contribution < -0.4 is 0 Å². The minimum absolute atomic E-state index is 0.0484. The van der Waals surface area contributed by atoms with E-state index < -0.39 is 26.7 Å². The second kappa shape index (κ2) is 7.75. The Morgan fingerprint density at radius 1 is 1.30 bits per heavy atom. The fourth-order valence-corrected chi connectivity index (χ4v) is 2.44. The van der Waals surface area contributed by atoms with Gasteiger partial charge in [0.15, 0.2) is 20.6 Å². The summed E-state index contributed by atoms with van der Waals surface area (Å²) in [7, 11) is -2.57. The monoisotopic (exact) mass is 319 g/mol. The summed E-state index contributed by atoms with van der Waals surface area (Å²) >= 11 is 0. The van der Waals surface area contributed by atoms with Gasteiger partial charge in [-0.15, -0.1) is 0 Å². The zero-order valence-corrected chi connectivity index (χ0v) is 12.6. The lowest BCUT2D eigenvalue weighted by molar-refractivity contribution is -0.153. The van der Waals surface area contributed by atoms with Gasteiger partial charge in [0.2, 0.25) is 0 Å². The third kappa shape index (κ3) is 8.21. The van der Waals surface area contributed by atoms with Crippen LogP contribution in [0.3, 0.4) is 0 Å². The molecule has 2 unspecified atom stereocenters. The Morgan fingerprint density at radius 2 is 2.00 bits per heavy atom. The lowest BCUT2D eigenvalue weighted by atomic mass is 10.2. The summed E-state index contributed by atoms with van der Waals surface area (Å²) in [5.41, 5.74) is 0. The first kappa shape index (κ1) is 17.9. The van der Waals surface area contributed by atoms with Crippen molar-refractivity contribution < 1.29 is 31.7 Å². The largest absolute Gasteiger partial charge is 0.412 e. The zero-order valence-electron chi connectivity index (χ0n) is 11.6. The molecule has 1 saturated heterocycles. The Bertz CT molecular complexity index is 325. The van der Waals surface area contributed by atoms with E-state index in [9.17, 15) is 13.2 Å². The van der Waals surface area contributed by atoms with Gasteiger partial charge in [-0.3, -0.25) is 5.16 Å². The first-order valence-corrected chi connectivity index (χ1v) is 7.72. The van der Waals surface area contributed by atoms with E-state index in [4.69, 9.17) is 19.2 Å². The van der Waals surface area contributed by atoms with Gasteiger partial charge in [0.05, 0.1) is 19.3 Å². The van der Waals surface area contributed by atoms with Crippen molar-refractivity contribution in [2.75, 3.05) is 19.8 Å². The van der Waals surface area contributed by atoms with Crippen LogP contribution in [-0.2, 0) is 18.5 Å². The predicted octanol–water partition coefficient (Wildman–Crippen LogP) is 3.71. The molecular formula is C11H21F3NO4P. The second-order valence-electron chi connectivity index (χ2n) is 4.99. The van der Waals surface area contributed by atoms with Crippen LogP contribution in [-0.4, -0.2) is 37.9 Å². The third-order valence-electron chi connectivity index (χ3n) is 2.59. The lowest BCUT2D eigenvalue weighted by Gasteiger charge is -2.17. The van der Waals surface area contributed by atoms with Gasteiger partial charge in [-0.25, -0.2) is 0 Å². The van der Waals surface area contributed by atoms with Crippen molar-refractivity contribution in [3.8, 4) is 0 Å². The van der Waals surface area contributed by atoms with Crippen LogP contribution in [0.2, 0.25) is 0 Å². The van der Waals surface area contributed by atoms with E-state index >= 15 is 0 Å². The molecule has 2 atom stereocenters. The van der Waals surface area contributed by atoms with Crippen LogP contribution in [0.15, 0.2) is 0 Å². The van der Waals surface area contributed by atoms with Crippen molar-refractivity contribution in [2.24, 2.45) is 0 Å². The molecule has 0 amide bonds. The third-order valence-corrected chi connectivity index (χ3v) is 3.46. The van der Waals surface area contributed by atoms with Gasteiger partial charge in [-0.2, -0.15) is 13.2 Å². The van der Waals surface area contributed by atoms with Gasteiger partial charge in [-0.05, 0) is 33.1 Å². The van der Waals surface area contributed by atoms with Gasteiger partial charge < -0.3 is 18.5 Å². The van der Waals surface area contributed by atoms with Gasteiger partial charge in [-0.1, -0.05) is 0 Å². The van der Waals surface area contributed by atoms with Gasteiger partial charge >= 0.3 is 6.18 Å². The lowest BCUT2D eigenvalue weighted by Crippen LogP contribution is -2.21. The van der Waals surface area contributed by atoms with Crippen LogP contribution in [0.5, 0.6) is 0 Å². The molecule has 5 nitrogen and oxygen atoms in total. The van der Waals surface area contributed by atoms with Crippen molar-refractivity contribution in [3.05, 3.63) is 0 Å². The Morgan fingerprint density at radius 3 is 2.55 bits per heavy atom. The molecule has 0 radical (unpaired) electrons. The molecule has 0 spiro atoms. The average Bonchev–Trinajstić information content (AvgIpc) is 2.65. The van der Waals surface area contributed by atoms with Crippen LogP contribution >= 0.6 is 8.17 Å². The summed E-state index contributed by atoms with van der Waals surface area (Å²) in [5.74, 6) is -0.538. The van der Waals surface area contributed by atoms with Gasteiger partial charge in [0.25, 0.3) is 0 Å². The Hall–Kier alpha value is -0.140. The Kier molecular flexibility index (Phi) is 6.94. The molecule has 0 aliphatic carbocycles. The molecule has 0 bridgehead atoms. The number of ether oxygens (including phenoxy) is 2. The SMILES string of the molecule is CC1(C)OCC(CCCCO[PH](=N)OCC(F)(F)F)O1. The second-order valence-corrected chi connectivity index (χ2v) is 6.14. The molecule has 1 rings (SSSR count). The summed E-state index contributed by atoms with van der Waals surface area (Å²) in [6.07, 6.45) is -2.10. The molecule has 1 heterocycles. The minimum atomic E-state index is -4.41. The van der Waals surface area contributed by atoms with Crippen LogP contribution in [0, 0.1) is 5.16 Å². The quantitative estimate of drug-likeness (QED) is 0.547. The van der Waals surface area contributed by atoms with Crippen molar-refractivity contribution in [1.82, 2.24) is 0 Å². The standard InChI is InChI=1S/C11H21F3NO4P/c1-10(2)16-7-9(19-10)5-3-4-6-17-20(15)18-8-11(12,13)14/h9,15,20H,3-8H2,1-2H3. The molecule has 120 valence electrons. The van der Waals surface area contributed by atoms with Crippen molar-refractivity contribution >= 4 is 8.17 Å². The molecule has 20 heavy (non-hydrogen) atoms. The molecule has 0 saturated carbocycles. The average molecular weight is 319 g/mol. The summed E-state index contributed by atoms with van der Waals surface area (Å²) in [4.78, 5) is 0.